The van der Waals surface area contributed by atoms with Gasteiger partial charge in [-0.05, 0) is 19.9 Å². The minimum Gasteiger partial charge on any atom is -0.319 e. The predicted molar refractivity (Wildman–Crippen MR) is 89.8 cm³/mol. The van der Waals surface area contributed by atoms with Crippen molar-refractivity contribution in [2.75, 3.05) is 5.32 Å². The standard InChI is InChI=1S/C17H18N4O2/c1-11(2)21-10-15(13-6-4-5-7-14(13)17(21)23)16(22)19-12-8-18-20(3)9-12/h4-11H,1-3H3,(H,19,22). The van der Waals surface area contributed by atoms with E-state index in [-0.39, 0.29) is 17.5 Å². The van der Waals surface area contributed by atoms with Crippen LogP contribution in [0.3, 0.4) is 0 Å². The summed E-state index contributed by atoms with van der Waals surface area (Å²) in [6.07, 6.45) is 4.93. The number of fused-ring (bicyclic) bond motifs is 1. The molecule has 0 bridgehead atoms. The second-order valence-corrected chi connectivity index (χ2v) is 5.75. The van der Waals surface area contributed by atoms with Gasteiger partial charge in [-0.2, -0.15) is 5.10 Å². The molecule has 0 saturated carbocycles. The molecule has 0 spiro atoms. The van der Waals surface area contributed by atoms with Crippen LogP contribution in [0, 0.1) is 0 Å². The van der Waals surface area contributed by atoms with Gasteiger partial charge >= 0.3 is 0 Å². The Morgan fingerprint density at radius 3 is 2.48 bits per heavy atom. The molecule has 2 heterocycles. The van der Waals surface area contributed by atoms with E-state index in [2.05, 4.69) is 10.4 Å². The summed E-state index contributed by atoms with van der Waals surface area (Å²) in [4.78, 5) is 25.2. The van der Waals surface area contributed by atoms with Gasteiger partial charge in [-0.15, -0.1) is 0 Å². The van der Waals surface area contributed by atoms with Crippen LogP contribution in [0.25, 0.3) is 10.8 Å². The highest BCUT2D eigenvalue weighted by Gasteiger charge is 2.16. The SMILES string of the molecule is CC(C)n1cc(C(=O)Nc2cnn(C)c2)c2ccccc2c1=O. The molecule has 118 valence electrons. The Kier molecular flexibility index (Phi) is 3.73. The van der Waals surface area contributed by atoms with E-state index in [4.69, 9.17) is 0 Å². The second-order valence-electron chi connectivity index (χ2n) is 5.75. The number of anilines is 1. The van der Waals surface area contributed by atoms with Crippen molar-refractivity contribution in [2.45, 2.75) is 19.9 Å². The summed E-state index contributed by atoms with van der Waals surface area (Å²) in [6.45, 7) is 3.83. The number of carbonyl (C=O) groups excluding carboxylic acids is 1. The van der Waals surface area contributed by atoms with Gasteiger partial charge in [-0.25, -0.2) is 0 Å². The lowest BCUT2D eigenvalue weighted by molar-refractivity contribution is 0.102. The van der Waals surface area contributed by atoms with Gasteiger partial charge in [0, 0.05) is 36.3 Å². The Morgan fingerprint density at radius 2 is 1.87 bits per heavy atom. The fraction of sp³-hybridized carbons (Fsp3) is 0.235. The van der Waals surface area contributed by atoms with E-state index in [0.29, 0.717) is 22.0 Å². The third-order valence-electron chi connectivity index (χ3n) is 3.71. The van der Waals surface area contributed by atoms with Crippen molar-refractivity contribution in [3.63, 3.8) is 0 Å². The topological polar surface area (TPSA) is 68.9 Å². The van der Waals surface area contributed by atoms with Crippen LogP contribution in [0.4, 0.5) is 5.69 Å². The van der Waals surface area contributed by atoms with Gasteiger partial charge in [0.2, 0.25) is 0 Å². The lowest BCUT2D eigenvalue weighted by atomic mass is 10.1. The molecule has 1 aromatic carbocycles. The molecule has 0 radical (unpaired) electrons. The highest BCUT2D eigenvalue weighted by molar-refractivity contribution is 6.12. The van der Waals surface area contributed by atoms with Gasteiger partial charge in [0.1, 0.15) is 0 Å². The highest BCUT2D eigenvalue weighted by Crippen LogP contribution is 2.18. The maximum Gasteiger partial charge on any atom is 0.258 e. The Morgan fingerprint density at radius 1 is 1.17 bits per heavy atom. The van der Waals surface area contributed by atoms with Crippen LogP contribution in [-0.4, -0.2) is 20.3 Å². The van der Waals surface area contributed by atoms with E-state index in [1.165, 1.54) is 0 Å². The number of aromatic nitrogens is 3. The molecule has 0 saturated heterocycles. The molecular weight excluding hydrogens is 292 g/mol. The minimum absolute atomic E-state index is 0.0305. The quantitative estimate of drug-likeness (QED) is 0.808. The first kappa shape index (κ1) is 15.0. The molecule has 1 amide bonds. The number of carbonyl (C=O) groups is 1. The van der Waals surface area contributed by atoms with Crippen molar-refractivity contribution < 1.29 is 4.79 Å². The van der Waals surface area contributed by atoms with Crippen molar-refractivity contribution in [1.29, 1.82) is 0 Å². The number of rotatable bonds is 3. The lowest BCUT2D eigenvalue weighted by Gasteiger charge is -2.14. The van der Waals surface area contributed by atoms with Gasteiger partial charge in [-0.1, -0.05) is 18.2 Å². The normalized spacial score (nSPS) is 11.1. The molecule has 23 heavy (non-hydrogen) atoms. The zero-order valence-corrected chi connectivity index (χ0v) is 13.3. The van der Waals surface area contributed by atoms with Gasteiger partial charge in [0.15, 0.2) is 0 Å². The predicted octanol–water partition coefficient (Wildman–Crippen LogP) is 2.57. The van der Waals surface area contributed by atoms with Crippen LogP contribution >= 0.6 is 0 Å². The van der Waals surface area contributed by atoms with Crippen molar-refractivity contribution in [3.8, 4) is 0 Å². The van der Waals surface area contributed by atoms with Crippen molar-refractivity contribution in [2.24, 2.45) is 7.05 Å². The minimum atomic E-state index is -0.261. The average Bonchev–Trinajstić information content (AvgIpc) is 2.92. The first-order valence-electron chi connectivity index (χ1n) is 7.41. The second kappa shape index (κ2) is 5.72. The van der Waals surface area contributed by atoms with Crippen LogP contribution in [0.5, 0.6) is 0 Å². The Labute approximate surface area is 133 Å². The third-order valence-corrected chi connectivity index (χ3v) is 3.71. The van der Waals surface area contributed by atoms with E-state index < -0.39 is 0 Å². The molecule has 3 rings (SSSR count). The number of hydrogen-bond donors (Lipinski definition) is 1. The molecule has 0 aliphatic rings. The van der Waals surface area contributed by atoms with E-state index in [1.807, 2.05) is 19.9 Å². The smallest absolute Gasteiger partial charge is 0.258 e. The van der Waals surface area contributed by atoms with Crippen LogP contribution in [-0.2, 0) is 7.05 Å². The fourth-order valence-corrected chi connectivity index (χ4v) is 2.56. The van der Waals surface area contributed by atoms with Crippen LogP contribution in [0.15, 0.2) is 47.7 Å². The fourth-order valence-electron chi connectivity index (χ4n) is 2.56. The van der Waals surface area contributed by atoms with Gasteiger partial charge < -0.3 is 9.88 Å². The zero-order chi connectivity index (χ0) is 16.6. The summed E-state index contributed by atoms with van der Waals surface area (Å²) in [7, 11) is 1.78. The summed E-state index contributed by atoms with van der Waals surface area (Å²) < 4.78 is 3.20. The molecule has 6 heteroatoms. The van der Waals surface area contributed by atoms with Crippen molar-refractivity contribution in [3.05, 3.63) is 58.8 Å². The van der Waals surface area contributed by atoms with Crippen molar-refractivity contribution >= 4 is 22.4 Å². The number of aryl methyl sites for hydroxylation is 1. The van der Waals surface area contributed by atoms with Crippen molar-refractivity contribution in [1.82, 2.24) is 14.3 Å². The maximum atomic E-state index is 12.7. The number of hydrogen-bond acceptors (Lipinski definition) is 3. The zero-order valence-electron chi connectivity index (χ0n) is 13.3. The van der Waals surface area contributed by atoms with Gasteiger partial charge in [0.05, 0.1) is 17.4 Å². The molecule has 6 nitrogen and oxygen atoms in total. The lowest BCUT2D eigenvalue weighted by Crippen LogP contribution is -2.25. The molecule has 0 atom stereocenters. The number of nitrogens with zero attached hydrogens (tertiary/aromatic N) is 3. The van der Waals surface area contributed by atoms with Crippen LogP contribution in [0.2, 0.25) is 0 Å². The first-order valence-corrected chi connectivity index (χ1v) is 7.41. The van der Waals surface area contributed by atoms with Crippen LogP contribution in [0.1, 0.15) is 30.2 Å². The first-order chi connectivity index (χ1) is 11.0. The summed E-state index contributed by atoms with van der Waals surface area (Å²) in [5, 5.41) is 8.04. The molecular formula is C17H18N4O2. The molecule has 1 N–H and O–H groups in total. The monoisotopic (exact) mass is 310 g/mol. The molecule has 0 fully saturated rings. The number of benzene rings is 1. The molecule has 0 aliphatic heterocycles. The molecule has 2 aromatic heterocycles. The van der Waals surface area contributed by atoms with E-state index in [1.54, 1.807) is 53.1 Å². The summed E-state index contributed by atoms with van der Waals surface area (Å²) in [6, 6.07) is 7.13. The largest absolute Gasteiger partial charge is 0.319 e. The van der Waals surface area contributed by atoms with E-state index in [0.717, 1.165) is 0 Å². The Hall–Kier alpha value is -2.89. The molecule has 3 aromatic rings. The average molecular weight is 310 g/mol. The van der Waals surface area contributed by atoms with Gasteiger partial charge in [-0.3, -0.25) is 14.3 Å². The molecule has 0 aliphatic carbocycles. The Balaban J connectivity index is 2.14. The maximum absolute atomic E-state index is 12.7. The Bertz CT molecular complexity index is 937. The summed E-state index contributed by atoms with van der Waals surface area (Å²) in [5.74, 6) is -0.261. The summed E-state index contributed by atoms with van der Waals surface area (Å²) >= 11 is 0. The third kappa shape index (κ3) is 2.75. The highest BCUT2D eigenvalue weighted by atomic mass is 16.2. The number of amides is 1. The number of pyridine rings is 1. The summed E-state index contributed by atoms with van der Waals surface area (Å²) in [5.41, 5.74) is 0.996. The van der Waals surface area contributed by atoms with E-state index in [9.17, 15) is 9.59 Å². The van der Waals surface area contributed by atoms with Gasteiger partial charge in [0.25, 0.3) is 11.5 Å². The van der Waals surface area contributed by atoms with E-state index >= 15 is 0 Å². The number of nitrogens with one attached hydrogen (secondary N) is 1. The van der Waals surface area contributed by atoms with Crippen LogP contribution < -0.4 is 10.9 Å². The molecule has 0 unspecified atom stereocenters.